The summed E-state index contributed by atoms with van der Waals surface area (Å²) < 4.78 is 7.58. The Morgan fingerprint density at radius 2 is 1.90 bits per heavy atom. The van der Waals surface area contributed by atoms with Gasteiger partial charge in [0, 0.05) is 30.0 Å². The first-order valence-electron chi connectivity index (χ1n) is 6.99. The third-order valence-electron chi connectivity index (χ3n) is 3.18. The zero-order chi connectivity index (χ0) is 14.6. The molecule has 3 heteroatoms. The lowest BCUT2D eigenvalue weighted by atomic mass is 10.1. The number of hydrogen-bond donors (Lipinski definition) is 1. The molecule has 0 aliphatic carbocycles. The van der Waals surface area contributed by atoms with Crippen molar-refractivity contribution in [3.8, 4) is 5.75 Å². The van der Waals surface area contributed by atoms with Crippen molar-refractivity contribution in [2.45, 2.75) is 39.4 Å². The number of ether oxygens (including phenoxy) is 1. The topological polar surface area (TPSA) is 26.2 Å². The van der Waals surface area contributed by atoms with Crippen molar-refractivity contribution in [2.75, 3.05) is 7.11 Å². The molecule has 1 aromatic carbocycles. The first-order chi connectivity index (χ1) is 9.48. The van der Waals surface area contributed by atoms with Gasteiger partial charge in [-0.25, -0.2) is 0 Å². The van der Waals surface area contributed by atoms with Crippen LogP contribution in [0.15, 0.2) is 42.7 Å². The van der Waals surface area contributed by atoms with Crippen molar-refractivity contribution < 1.29 is 4.74 Å². The molecule has 0 unspecified atom stereocenters. The summed E-state index contributed by atoms with van der Waals surface area (Å²) in [5, 5.41) is 3.50. The maximum absolute atomic E-state index is 5.39. The quantitative estimate of drug-likeness (QED) is 0.902. The Bertz CT molecular complexity index is 552. The molecule has 2 rings (SSSR count). The summed E-state index contributed by atoms with van der Waals surface area (Å²) >= 11 is 0. The van der Waals surface area contributed by atoms with Crippen LogP contribution < -0.4 is 10.1 Å². The number of nitrogens with one attached hydrogen (secondary N) is 1. The van der Waals surface area contributed by atoms with Gasteiger partial charge in [-0.2, -0.15) is 0 Å². The molecule has 2 aromatic rings. The van der Waals surface area contributed by atoms with Crippen LogP contribution in [0.1, 0.15) is 31.9 Å². The number of benzene rings is 1. The minimum Gasteiger partial charge on any atom is -0.496 e. The molecule has 3 nitrogen and oxygen atoms in total. The molecule has 0 atom stereocenters. The zero-order valence-electron chi connectivity index (χ0n) is 12.8. The van der Waals surface area contributed by atoms with E-state index in [9.17, 15) is 0 Å². The lowest BCUT2D eigenvalue weighted by Gasteiger charge is -2.19. The molecular formula is C17H24N2O. The molecule has 1 aromatic heterocycles. The fraction of sp³-hybridized carbons (Fsp3) is 0.412. The van der Waals surface area contributed by atoms with Crippen LogP contribution in [0.4, 0.5) is 0 Å². The van der Waals surface area contributed by atoms with E-state index in [2.05, 4.69) is 55.2 Å². The van der Waals surface area contributed by atoms with Crippen molar-refractivity contribution >= 4 is 0 Å². The molecule has 0 aliphatic rings. The van der Waals surface area contributed by atoms with Crippen LogP contribution in [0.5, 0.6) is 5.75 Å². The van der Waals surface area contributed by atoms with Gasteiger partial charge in [-0.3, -0.25) is 0 Å². The van der Waals surface area contributed by atoms with E-state index in [0.717, 1.165) is 18.8 Å². The Labute approximate surface area is 121 Å². The molecule has 0 radical (unpaired) electrons. The highest BCUT2D eigenvalue weighted by atomic mass is 16.5. The number of rotatable bonds is 5. The smallest absolute Gasteiger partial charge is 0.123 e. The molecule has 0 aliphatic heterocycles. The van der Waals surface area contributed by atoms with Crippen molar-refractivity contribution in [3.63, 3.8) is 0 Å². The second-order valence-electron chi connectivity index (χ2n) is 6.11. The molecule has 0 amide bonds. The molecule has 1 N–H and O–H groups in total. The predicted molar refractivity (Wildman–Crippen MR) is 83.1 cm³/mol. The highest BCUT2D eigenvalue weighted by Gasteiger charge is 2.09. The van der Waals surface area contributed by atoms with Gasteiger partial charge < -0.3 is 14.6 Å². The maximum Gasteiger partial charge on any atom is 0.123 e. The molecule has 20 heavy (non-hydrogen) atoms. The second-order valence-corrected chi connectivity index (χ2v) is 6.11. The summed E-state index contributed by atoms with van der Waals surface area (Å²) in [5.41, 5.74) is 2.64. The molecular weight excluding hydrogens is 248 g/mol. The highest BCUT2D eigenvalue weighted by Crippen LogP contribution is 2.19. The van der Waals surface area contributed by atoms with E-state index in [-0.39, 0.29) is 5.54 Å². The average Bonchev–Trinajstić information content (AvgIpc) is 2.84. The van der Waals surface area contributed by atoms with Gasteiger partial charge in [0.25, 0.3) is 0 Å². The van der Waals surface area contributed by atoms with Gasteiger partial charge in [-0.1, -0.05) is 18.2 Å². The number of aromatic nitrogens is 1. The monoisotopic (exact) mass is 272 g/mol. The Hall–Kier alpha value is -1.74. The molecule has 0 spiro atoms. The SMILES string of the molecule is COc1ccccc1Cn1ccc(CNC(C)(C)C)c1. The Morgan fingerprint density at radius 1 is 1.15 bits per heavy atom. The van der Waals surface area contributed by atoms with Crippen LogP contribution in [-0.4, -0.2) is 17.2 Å². The summed E-state index contributed by atoms with van der Waals surface area (Å²) in [6, 6.07) is 10.3. The van der Waals surface area contributed by atoms with E-state index in [4.69, 9.17) is 4.74 Å². The first-order valence-corrected chi connectivity index (χ1v) is 6.99. The average molecular weight is 272 g/mol. The Balaban J connectivity index is 2.02. The summed E-state index contributed by atoms with van der Waals surface area (Å²) in [4.78, 5) is 0. The maximum atomic E-state index is 5.39. The van der Waals surface area contributed by atoms with Crippen LogP contribution in [0.2, 0.25) is 0 Å². The third kappa shape index (κ3) is 4.14. The number of para-hydroxylation sites is 1. The minimum atomic E-state index is 0.144. The van der Waals surface area contributed by atoms with Crippen LogP contribution in [-0.2, 0) is 13.1 Å². The van der Waals surface area contributed by atoms with Crippen molar-refractivity contribution in [1.82, 2.24) is 9.88 Å². The number of nitrogens with zero attached hydrogens (tertiary/aromatic N) is 1. The van der Waals surface area contributed by atoms with Crippen LogP contribution in [0.25, 0.3) is 0 Å². The molecule has 0 saturated carbocycles. The van der Waals surface area contributed by atoms with E-state index in [1.165, 1.54) is 11.1 Å². The van der Waals surface area contributed by atoms with Gasteiger partial charge in [0.15, 0.2) is 0 Å². The van der Waals surface area contributed by atoms with Crippen molar-refractivity contribution in [3.05, 3.63) is 53.9 Å². The standard InChI is InChI=1S/C17H24N2O/c1-17(2,3)18-11-14-9-10-19(12-14)13-15-7-5-6-8-16(15)20-4/h5-10,12,18H,11,13H2,1-4H3. The van der Waals surface area contributed by atoms with Crippen LogP contribution in [0, 0.1) is 0 Å². The fourth-order valence-electron chi connectivity index (χ4n) is 2.09. The normalized spacial score (nSPS) is 11.6. The van der Waals surface area contributed by atoms with E-state index >= 15 is 0 Å². The largest absolute Gasteiger partial charge is 0.496 e. The van der Waals surface area contributed by atoms with Crippen LogP contribution >= 0.6 is 0 Å². The summed E-state index contributed by atoms with van der Waals surface area (Å²) in [5.74, 6) is 0.940. The molecule has 108 valence electrons. The Morgan fingerprint density at radius 3 is 2.60 bits per heavy atom. The van der Waals surface area contributed by atoms with E-state index < -0.39 is 0 Å². The molecule has 1 heterocycles. The molecule has 0 fully saturated rings. The highest BCUT2D eigenvalue weighted by molar-refractivity contribution is 5.33. The third-order valence-corrected chi connectivity index (χ3v) is 3.18. The van der Waals surface area contributed by atoms with Crippen molar-refractivity contribution in [1.29, 1.82) is 0 Å². The lowest BCUT2D eigenvalue weighted by Crippen LogP contribution is -2.34. The van der Waals surface area contributed by atoms with Gasteiger partial charge >= 0.3 is 0 Å². The lowest BCUT2D eigenvalue weighted by molar-refractivity contribution is 0.408. The number of methoxy groups -OCH3 is 1. The first kappa shape index (κ1) is 14.7. The fourth-order valence-corrected chi connectivity index (χ4v) is 2.09. The predicted octanol–water partition coefficient (Wildman–Crippen LogP) is 3.43. The van der Waals surface area contributed by atoms with Gasteiger partial charge in [-0.15, -0.1) is 0 Å². The molecule has 0 bridgehead atoms. The summed E-state index contributed by atoms with van der Waals surface area (Å²) in [6.07, 6.45) is 4.30. The van der Waals surface area contributed by atoms with E-state index in [1.54, 1.807) is 7.11 Å². The second kappa shape index (κ2) is 6.14. The molecule has 0 saturated heterocycles. The van der Waals surface area contributed by atoms with Gasteiger partial charge in [0.1, 0.15) is 5.75 Å². The summed E-state index contributed by atoms with van der Waals surface area (Å²) in [7, 11) is 1.72. The van der Waals surface area contributed by atoms with E-state index in [1.807, 2.05) is 18.2 Å². The van der Waals surface area contributed by atoms with Gasteiger partial charge in [-0.05, 0) is 38.5 Å². The van der Waals surface area contributed by atoms with Gasteiger partial charge in [0.2, 0.25) is 0 Å². The Kier molecular flexibility index (Phi) is 4.50. The minimum absolute atomic E-state index is 0.144. The van der Waals surface area contributed by atoms with Gasteiger partial charge in [0.05, 0.1) is 13.7 Å². The van der Waals surface area contributed by atoms with Crippen LogP contribution in [0.3, 0.4) is 0 Å². The van der Waals surface area contributed by atoms with Crippen molar-refractivity contribution in [2.24, 2.45) is 0 Å². The number of hydrogen-bond acceptors (Lipinski definition) is 2. The zero-order valence-corrected chi connectivity index (χ0v) is 12.8. The summed E-state index contributed by atoms with van der Waals surface area (Å²) in [6.45, 7) is 8.26. The van der Waals surface area contributed by atoms with E-state index in [0.29, 0.717) is 0 Å².